The topological polar surface area (TPSA) is 24.7 Å². The Labute approximate surface area is 61.4 Å². The maximum absolute atomic E-state index is 4.08. The van der Waals surface area contributed by atoms with Gasteiger partial charge in [-0.3, -0.25) is 9.98 Å². The van der Waals surface area contributed by atoms with E-state index in [2.05, 4.69) is 23.3 Å². The van der Waals surface area contributed by atoms with Crippen molar-refractivity contribution in [3.05, 3.63) is 12.2 Å². The van der Waals surface area contributed by atoms with Crippen LogP contribution in [0.15, 0.2) is 22.1 Å². The number of rotatable bonds is 2. The third-order valence-electron chi connectivity index (χ3n) is 1.81. The molecule has 1 rings (SSSR count). The predicted octanol–water partition coefficient (Wildman–Crippen LogP) is 1.33. The highest BCUT2D eigenvalue weighted by molar-refractivity contribution is 6.10. The normalized spacial score (nSPS) is 34.0. The van der Waals surface area contributed by atoms with Gasteiger partial charge in [0.05, 0.1) is 6.04 Å². The fraction of sp³-hybridized carbons (Fsp3) is 0.500. The van der Waals surface area contributed by atoms with E-state index in [1.165, 1.54) is 0 Å². The van der Waals surface area contributed by atoms with Crippen LogP contribution in [0.4, 0.5) is 0 Å². The minimum Gasteiger partial charge on any atom is -0.294 e. The molecular formula is C8H12N2. The molecule has 0 aliphatic heterocycles. The second-order valence-corrected chi connectivity index (χ2v) is 2.60. The molecule has 0 aromatic carbocycles. The van der Waals surface area contributed by atoms with Gasteiger partial charge in [-0.15, -0.1) is 0 Å². The van der Waals surface area contributed by atoms with Crippen LogP contribution in [0.25, 0.3) is 0 Å². The molecule has 1 saturated carbocycles. The van der Waals surface area contributed by atoms with Gasteiger partial charge in [-0.1, -0.05) is 12.2 Å². The van der Waals surface area contributed by atoms with Crippen LogP contribution in [-0.4, -0.2) is 25.5 Å². The summed E-state index contributed by atoms with van der Waals surface area (Å²) in [6.45, 7) is 9.33. The van der Waals surface area contributed by atoms with Crippen LogP contribution in [0.2, 0.25) is 0 Å². The first-order valence-corrected chi connectivity index (χ1v) is 3.30. The number of aliphatic imine (C=N–C) groups is 2. The molecule has 1 aliphatic rings. The summed E-state index contributed by atoms with van der Waals surface area (Å²) in [6, 6.07) is 0.238. The molecule has 0 bridgehead atoms. The van der Waals surface area contributed by atoms with Crippen LogP contribution >= 0.6 is 0 Å². The Morgan fingerprint density at radius 3 is 2.30 bits per heavy atom. The lowest BCUT2D eigenvalue weighted by Gasteiger charge is -1.87. The van der Waals surface area contributed by atoms with Crippen LogP contribution in [0.1, 0.15) is 6.92 Å². The van der Waals surface area contributed by atoms with Crippen molar-refractivity contribution in [1.29, 1.82) is 0 Å². The SMILES string of the molecule is C=NC1C(=NC)C1C(=C)C. The highest BCUT2D eigenvalue weighted by Crippen LogP contribution is 2.35. The molecular weight excluding hydrogens is 124 g/mol. The molecule has 1 fully saturated rings. The Hall–Kier alpha value is -0.920. The summed E-state index contributed by atoms with van der Waals surface area (Å²) in [4.78, 5) is 7.99. The van der Waals surface area contributed by atoms with Gasteiger partial charge in [-0.05, 0) is 13.6 Å². The van der Waals surface area contributed by atoms with Crippen molar-refractivity contribution in [1.82, 2.24) is 0 Å². The first-order chi connectivity index (χ1) is 4.72. The summed E-state index contributed by atoms with van der Waals surface area (Å²) < 4.78 is 0. The Morgan fingerprint density at radius 1 is 1.60 bits per heavy atom. The van der Waals surface area contributed by atoms with E-state index >= 15 is 0 Å². The van der Waals surface area contributed by atoms with Crippen LogP contribution < -0.4 is 0 Å². The quantitative estimate of drug-likeness (QED) is 0.404. The minimum absolute atomic E-state index is 0.238. The largest absolute Gasteiger partial charge is 0.294 e. The molecule has 2 heteroatoms. The third-order valence-corrected chi connectivity index (χ3v) is 1.81. The number of hydrogen-bond donors (Lipinski definition) is 0. The van der Waals surface area contributed by atoms with Gasteiger partial charge in [-0.2, -0.15) is 0 Å². The van der Waals surface area contributed by atoms with E-state index in [1.807, 2.05) is 6.92 Å². The molecule has 10 heavy (non-hydrogen) atoms. The summed E-state index contributed by atoms with van der Waals surface area (Å²) in [5.41, 5.74) is 2.26. The van der Waals surface area contributed by atoms with Gasteiger partial charge in [0.25, 0.3) is 0 Å². The Balaban J connectivity index is 2.70. The van der Waals surface area contributed by atoms with Crippen molar-refractivity contribution in [2.75, 3.05) is 7.05 Å². The van der Waals surface area contributed by atoms with E-state index in [0.717, 1.165) is 11.3 Å². The standard InChI is InChI=1S/C8H12N2/c1-5(2)6-7(9-3)8(6)10-4/h6-7H,1,3H2,2,4H3. The fourth-order valence-electron chi connectivity index (χ4n) is 1.23. The van der Waals surface area contributed by atoms with Gasteiger partial charge in [-0.25, -0.2) is 0 Å². The smallest absolute Gasteiger partial charge is 0.0993 e. The lowest BCUT2D eigenvalue weighted by Crippen LogP contribution is -1.82. The maximum Gasteiger partial charge on any atom is 0.0993 e. The molecule has 0 spiro atoms. The van der Waals surface area contributed by atoms with Crippen LogP contribution in [-0.2, 0) is 0 Å². The van der Waals surface area contributed by atoms with E-state index < -0.39 is 0 Å². The summed E-state index contributed by atoms with van der Waals surface area (Å²) in [6.07, 6.45) is 0. The molecule has 0 saturated heterocycles. The second-order valence-electron chi connectivity index (χ2n) is 2.60. The van der Waals surface area contributed by atoms with Crippen molar-refractivity contribution >= 4 is 12.4 Å². The van der Waals surface area contributed by atoms with Gasteiger partial charge in [0.15, 0.2) is 0 Å². The monoisotopic (exact) mass is 136 g/mol. The van der Waals surface area contributed by atoms with Gasteiger partial charge in [0, 0.05) is 18.7 Å². The van der Waals surface area contributed by atoms with E-state index in [1.54, 1.807) is 7.05 Å². The summed E-state index contributed by atoms with van der Waals surface area (Å²) >= 11 is 0. The van der Waals surface area contributed by atoms with Crippen molar-refractivity contribution in [2.24, 2.45) is 15.9 Å². The summed E-state index contributed by atoms with van der Waals surface area (Å²) in [7, 11) is 1.79. The van der Waals surface area contributed by atoms with E-state index in [0.29, 0.717) is 5.92 Å². The summed E-state index contributed by atoms with van der Waals surface area (Å²) in [5, 5.41) is 0. The van der Waals surface area contributed by atoms with Gasteiger partial charge < -0.3 is 0 Å². The van der Waals surface area contributed by atoms with Gasteiger partial charge in [0.1, 0.15) is 0 Å². The highest BCUT2D eigenvalue weighted by Gasteiger charge is 2.45. The van der Waals surface area contributed by atoms with Crippen molar-refractivity contribution in [3.8, 4) is 0 Å². The lowest BCUT2D eigenvalue weighted by molar-refractivity contribution is 0.931. The Bertz CT molecular complexity index is 203. The summed E-state index contributed by atoms with van der Waals surface area (Å²) in [5.74, 6) is 0.391. The lowest BCUT2D eigenvalue weighted by atomic mass is 10.2. The zero-order chi connectivity index (χ0) is 7.72. The molecule has 2 atom stereocenters. The van der Waals surface area contributed by atoms with Gasteiger partial charge in [0.2, 0.25) is 0 Å². The van der Waals surface area contributed by atoms with Crippen LogP contribution in [0.3, 0.4) is 0 Å². The fourth-order valence-corrected chi connectivity index (χ4v) is 1.23. The zero-order valence-electron chi connectivity index (χ0n) is 6.46. The van der Waals surface area contributed by atoms with Crippen molar-refractivity contribution < 1.29 is 0 Å². The zero-order valence-corrected chi connectivity index (χ0v) is 6.46. The first-order valence-electron chi connectivity index (χ1n) is 3.30. The average molecular weight is 136 g/mol. The highest BCUT2D eigenvalue weighted by atomic mass is 14.9. The maximum atomic E-state index is 4.08. The van der Waals surface area contributed by atoms with Crippen molar-refractivity contribution in [3.63, 3.8) is 0 Å². The number of hydrogen-bond acceptors (Lipinski definition) is 2. The Kier molecular flexibility index (Phi) is 1.70. The molecule has 0 amide bonds. The molecule has 2 nitrogen and oxygen atoms in total. The minimum atomic E-state index is 0.238. The molecule has 0 aromatic heterocycles. The molecule has 54 valence electrons. The average Bonchev–Trinajstić information content (AvgIpc) is 2.60. The molecule has 0 heterocycles. The second kappa shape index (κ2) is 2.37. The Morgan fingerprint density at radius 2 is 2.20 bits per heavy atom. The molecule has 0 N–H and O–H groups in total. The van der Waals surface area contributed by atoms with Gasteiger partial charge >= 0.3 is 0 Å². The first kappa shape index (κ1) is 7.19. The predicted molar refractivity (Wildman–Crippen MR) is 45.0 cm³/mol. The van der Waals surface area contributed by atoms with E-state index in [9.17, 15) is 0 Å². The van der Waals surface area contributed by atoms with Crippen LogP contribution in [0.5, 0.6) is 0 Å². The van der Waals surface area contributed by atoms with Crippen molar-refractivity contribution in [2.45, 2.75) is 13.0 Å². The molecule has 2 unspecified atom stereocenters. The van der Waals surface area contributed by atoms with E-state index in [-0.39, 0.29) is 6.04 Å². The number of nitrogens with zero attached hydrogens (tertiary/aromatic N) is 2. The third kappa shape index (κ3) is 0.897. The van der Waals surface area contributed by atoms with E-state index in [4.69, 9.17) is 0 Å². The molecule has 0 aromatic rings. The molecule has 1 aliphatic carbocycles. The van der Waals surface area contributed by atoms with Crippen LogP contribution in [0, 0.1) is 5.92 Å². The molecule has 0 radical (unpaired) electrons.